The first-order valence-electron chi connectivity index (χ1n) is 7.67. The van der Waals surface area contributed by atoms with Gasteiger partial charge in [-0.3, -0.25) is 19.6 Å². The Bertz CT molecular complexity index is 991. The fourth-order valence-electron chi connectivity index (χ4n) is 2.44. The van der Waals surface area contributed by atoms with Crippen LogP contribution >= 0.6 is 0 Å². The van der Waals surface area contributed by atoms with Gasteiger partial charge in [0.15, 0.2) is 5.69 Å². The summed E-state index contributed by atoms with van der Waals surface area (Å²) in [5.74, 6) is -0.934. The lowest BCUT2D eigenvalue weighted by molar-refractivity contribution is -0.384. The quantitative estimate of drug-likeness (QED) is 0.409. The Hall–Kier alpha value is -3.69. The molecule has 134 valence electrons. The van der Waals surface area contributed by atoms with Crippen LogP contribution in [0.15, 0.2) is 36.5 Å². The number of carbonyl (C=O) groups is 1. The van der Waals surface area contributed by atoms with Crippen LogP contribution in [0.4, 0.5) is 11.4 Å². The van der Waals surface area contributed by atoms with Crippen LogP contribution in [0.25, 0.3) is 0 Å². The van der Waals surface area contributed by atoms with Crippen molar-refractivity contribution in [2.75, 3.05) is 5.32 Å². The molecule has 10 nitrogen and oxygen atoms in total. The smallest absolute Gasteiger partial charge is 0.276 e. The van der Waals surface area contributed by atoms with Crippen LogP contribution in [0.3, 0.4) is 0 Å². The molecule has 0 aliphatic rings. The average Bonchev–Trinajstić information content (AvgIpc) is 3.16. The summed E-state index contributed by atoms with van der Waals surface area (Å²) in [5, 5.41) is 31.5. The number of benzene rings is 1. The summed E-state index contributed by atoms with van der Waals surface area (Å²) in [5.41, 5.74) is 1.80. The third-order valence-electron chi connectivity index (χ3n) is 3.70. The Morgan fingerprint density at radius 1 is 1.27 bits per heavy atom. The maximum atomic E-state index is 12.3. The number of nitro groups is 1. The zero-order valence-corrected chi connectivity index (χ0v) is 14.1. The number of nitrogens with zero attached hydrogens (tertiary/aromatic N) is 5. The molecule has 0 spiro atoms. The van der Waals surface area contributed by atoms with Crippen LogP contribution in [-0.2, 0) is 6.67 Å². The predicted molar refractivity (Wildman–Crippen MR) is 92.0 cm³/mol. The first-order valence-corrected chi connectivity index (χ1v) is 7.67. The lowest BCUT2D eigenvalue weighted by Crippen LogP contribution is -2.15. The van der Waals surface area contributed by atoms with Crippen molar-refractivity contribution in [3.63, 3.8) is 0 Å². The number of carbonyl (C=O) groups excluding carboxylic acids is 1. The highest BCUT2D eigenvalue weighted by Crippen LogP contribution is 2.28. The molecule has 3 rings (SSSR count). The van der Waals surface area contributed by atoms with Crippen molar-refractivity contribution >= 4 is 17.3 Å². The first kappa shape index (κ1) is 17.1. The minimum atomic E-state index is -0.633. The van der Waals surface area contributed by atoms with Crippen molar-refractivity contribution in [2.45, 2.75) is 20.5 Å². The molecule has 2 N–H and O–H groups in total. The van der Waals surface area contributed by atoms with Crippen LogP contribution in [0.5, 0.6) is 5.75 Å². The number of amides is 1. The Morgan fingerprint density at radius 3 is 2.65 bits per heavy atom. The van der Waals surface area contributed by atoms with Crippen molar-refractivity contribution in [1.82, 2.24) is 19.6 Å². The number of phenolic OH excluding ortho intramolecular Hbond substituents is 1. The van der Waals surface area contributed by atoms with Gasteiger partial charge in [0.25, 0.3) is 11.6 Å². The van der Waals surface area contributed by atoms with E-state index in [9.17, 15) is 20.0 Å². The van der Waals surface area contributed by atoms with E-state index in [-0.39, 0.29) is 17.1 Å². The number of phenols is 1. The summed E-state index contributed by atoms with van der Waals surface area (Å²) in [7, 11) is 0. The molecule has 0 atom stereocenters. The zero-order valence-electron chi connectivity index (χ0n) is 14.1. The van der Waals surface area contributed by atoms with Gasteiger partial charge < -0.3 is 10.4 Å². The molecule has 0 unspecified atom stereocenters. The van der Waals surface area contributed by atoms with Crippen molar-refractivity contribution in [3.05, 3.63) is 63.7 Å². The van der Waals surface area contributed by atoms with Gasteiger partial charge in [-0.25, -0.2) is 4.68 Å². The Balaban J connectivity index is 1.72. The number of aromatic hydroxyl groups is 1. The molecule has 0 fully saturated rings. The lowest BCUT2D eigenvalue weighted by atomic mass is 10.2. The highest BCUT2D eigenvalue weighted by Gasteiger charge is 2.15. The molecular weight excluding hydrogens is 340 g/mol. The summed E-state index contributed by atoms with van der Waals surface area (Å²) in [6.45, 7) is 4.17. The molecule has 0 aliphatic heterocycles. The number of anilines is 1. The van der Waals surface area contributed by atoms with E-state index in [1.54, 1.807) is 15.6 Å². The lowest BCUT2D eigenvalue weighted by Gasteiger charge is -2.06. The zero-order chi connectivity index (χ0) is 18.8. The number of non-ortho nitro benzene ring substituents is 1. The van der Waals surface area contributed by atoms with Gasteiger partial charge in [0.1, 0.15) is 12.4 Å². The van der Waals surface area contributed by atoms with Gasteiger partial charge in [-0.05, 0) is 32.0 Å². The van der Waals surface area contributed by atoms with E-state index in [1.165, 1.54) is 18.2 Å². The third-order valence-corrected chi connectivity index (χ3v) is 3.70. The Kier molecular flexibility index (Phi) is 4.40. The summed E-state index contributed by atoms with van der Waals surface area (Å²) in [4.78, 5) is 22.3. The van der Waals surface area contributed by atoms with E-state index < -0.39 is 16.6 Å². The van der Waals surface area contributed by atoms with Gasteiger partial charge >= 0.3 is 0 Å². The second-order valence-corrected chi connectivity index (χ2v) is 5.72. The van der Waals surface area contributed by atoms with Crippen LogP contribution in [0.1, 0.15) is 21.9 Å². The highest BCUT2D eigenvalue weighted by atomic mass is 16.6. The van der Waals surface area contributed by atoms with Gasteiger partial charge in [-0.15, -0.1) is 0 Å². The molecule has 0 saturated carbocycles. The predicted octanol–water partition coefficient (Wildman–Crippen LogP) is 2.07. The molecule has 3 aromatic rings. The first-order chi connectivity index (χ1) is 12.3. The largest absolute Gasteiger partial charge is 0.506 e. The Labute approximate surface area is 147 Å². The molecule has 0 saturated heterocycles. The maximum absolute atomic E-state index is 12.3. The highest BCUT2D eigenvalue weighted by molar-refractivity contribution is 6.03. The minimum absolute atomic E-state index is 0.0636. The summed E-state index contributed by atoms with van der Waals surface area (Å²) < 4.78 is 3.32. The molecule has 1 aromatic carbocycles. The molecule has 26 heavy (non-hydrogen) atoms. The van der Waals surface area contributed by atoms with Crippen molar-refractivity contribution in [1.29, 1.82) is 0 Å². The minimum Gasteiger partial charge on any atom is -0.506 e. The SMILES string of the molecule is Cc1cc(C)n(Cn2ccc(C(=O)Nc3ccc([N+](=O)[O-])cc3O)n2)n1. The van der Waals surface area contributed by atoms with Crippen LogP contribution in [-0.4, -0.2) is 35.5 Å². The summed E-state index contributed by atoms with van der Waals surface area (Å²) >= 11 is 0. The number of nitro benzene ring substituents is 1. The molecule has 10 heteroatoms. The second kappa shape index (κ2) is 6.67. The van der Waals surface area contributed by atoms with Gasteiger partial charge in [0.2, 0.25) is 0 Å². The molecule has 1 amide bonds. The summed E-state index contributed by atoms with van der Waals surface area (Å²) in [6.07, 6.45) is 1.64. The van der Waals surface area contributed by atoms with E-state index in [0.717, 1.165) is 17.5 Å². The number of nitrogens with one attached hydrogen (secondary N) is 1. The number of rotatable bonds is 5. The van der Waals surface area contributed by atoms with Gasteiger partial charge in [-0.1, -0.05) is 0 Å². The molecule has 2 aromatic heterocycles. The topological polar surface area (TPSA) is 128 Å². The van der Waals surface area contributed by atoms with Crippen molar-refractivity contribution in [2.24, 2.45) is 0 Å². The number of hydrogen-bond donors (Lipinski definition) is 2. The standard InChI is InChI=1S/C16H16N6O4/c1-10-7-11(2)21(18-10)9-20-6-5-14(19-20)16(24)17-13-4-3-12(22(25)26)8-15(13)23/h3-8,23H,9H2,1-2H3,(H,17,24). The summed E-state index contributed by atoms with van der Waals surface area (Å²) in [6, 6.07) is 6.89. The van der Waals surface area contributed by atoms with Crippen LogP contribution < -0.4 is 5.32 Å². The molecule has 0 aliphatic carbocycles. The number of aryl methyl sites for hydroxylation is 2. The number of hydrogen-bond acceptors (Lipinski definition) is 6. The van der Waals surface area contributed by atoms with E-state index in [2.05, 4.69) is 15.5 Å². The van der Waals surface area contributed by atoms with Crippen LogP contribution in [0, 0.1) is 24.0 Å². The van der Waals surface area contributed by atoms with Crippen molar-refractivity contribution in [3.8, 4) is 5.75 Å². The van der Waals surface area contributed by atoms with Gasteiger partial charge in [0, 0.05) is 18.0 Å². The van der Waals surface area contributed by atoms with E-state index in [1.807, 2.05) is 19.9 Å². The second-order valence-electron chi connectivity index (χ2n) is 5.72. The van der Waals surface area contributed by atoms with Gasteiger partial charge in [-0.2, -0.15) is 10.2 Å². The molecule has 2 heterocycles. The van der Waals surface area contributed by atoms with E-state index in [4.69, 9.17) is 0 Å². The fourth-order valence-corrected chi connectivity index (χ4v) is 2.44. The fraction of sp³-hybridized carbons (Fsp3) is 0.188. The maximum Gasteiger partial charge on any atom is 0.276 e. The van der Waals surface area contributed by atoms with Gasteiger partial charge in [0.05, 0.1) is 22.4 Å². The Morgan fingerprint density at radius 2 is 2.04 bits per heavy atom. The molecule has 0 bridgehead atoms. The average molecular weight is 356 g/mol. The van der Waals surface area contributed by atoms with Crippen LogP contribution in [0.2, 0.25) is 0 Å². The van der Waals surface area contributed by atoms with E-state index >= 15 is 0 Å². The third kappa shape index (κ3) is 3.53. The molecular formula is C16H16N6O4. The normalized spacial score (nSPS) is 10.7. The van der Waals surface area contributed by atoms with Crippen molar-refractivity contribution < 1.29 is 14.8 Å². The van der Waals surface area contributed by atoms with E-state index in [0.29, 0.717) is 6.67 Å². The number of aromatic nitrogens is 4. The molecule has 0 radical (unpaired) electrons. The monoisotopic (exact) mass is 356 g/mol.